The van der Waals surface area contributed by atoms with E-state index < -0.39 is 10.9 Å². The summed E-state index contributed by atoms with van der Waals surface area (Å²) in [4.78, 5) is 23.0. The van der Waals surface area contributed by atoms with E-state index in [4.69, 9.17) is 9.84 Å². The number of benzene rings is 1. The van der Waals surface area contributed by atoms with E-state index in [0.717, 1.165) is 6.07 Å². The number of anilines is 1. The third kappa shape index (κ3) is 3.41. The van der Waals surface area contributed by atoms with Gasteiger partial charge in [0.05, 0.1) is 17.1 Å². The lowest BCUT2D eigenvalue weighted by Crippen LogP contribution is -2.33. The Bertz CT molecular complexity index is 489. The van der Waals surface area contributed by atoms with Gasteiger partial charge in [0.2, 0.25) is 0 Å². The third-order valence-corrected chi connectivity index (χ3v) is 2.87. The van der Waals surface area contributed by atoms with Crippen molar-refractivity contribution in [3.8, 4) is 0 Å². The molecule has 0 aliphatic heterocycles. The van der Waals surface area contributed by atoms with Gasteiger partial charge in [0.25, 0.3) is 5.69 Å². The lowest BCUT2D eigenvalue weighted by Gasteiger charge is -2.26. The average molecular weight is 268 g/mol. The topological polar surface area (TPSA) is 92.9 Å². The minimum atomic E-state index is -1.19. The van der Waals surface area contributed by atoms with Crippen LogP contribution in [0.5, 0.6) is 0 Å². The standard InChI is InChI=1S/C12H16N2O5/c1-8(7-19-3)13(2)10-5-4-9(12(15)16)6-11(10)14(17)18/h4-6,8H,7H2,1-3H3,(H,15,16). The normalized spacial score (nSPS) is 11.9. The Hall–Kier alpha value is -2.15. The molecule has 0 aromatic heterocycles. The first-order valence-corrected chi connectivity index (χ1v) is 5.62. The number of likely N-dealkylation sites (N-methyl/N-ethyl adjacent to an activating group) is 1. The van der Waals surface area contributed by atoms with Crippen LogP contribution >= 0.6 is 0 Å². The second kappa shape index (κ2) is 6.14. The minimum absolute atomic E-state index is 0.0700. The number of carboxylic acid groups (broad SMARTS) is 1. The van der Waals surface area contributed by atoms with Gasteiger partial charge >= 0.3 is 5.97 Å². The molecule has 0 amide bonds. The monoisotopic (exact) mass is 268 g/mol. The van der Waals surface area contributed by atoms with Gasteiger partial charge < -0.3 is 14.7 Å². The molecule has 0 radical (unpaired) electrons. The quantitative estimate of drug-likeness (QED) is 0.624. The van der Waals surface area contributed by atoms with E-state index in [1.807, 2.05) is 6.92 Å². The molecule has 104 valence electrons. The van der Waals surface area contributed by atoms with Gasteiger partial charge in [-0.05, 0) is 19.1 Å². The van der Waals surface area contributed by atoms with Crippen molar-refractivity contribution in [2.75, 3.05) is 25.7 Å². The second-order valence-electron chi connectivity index (χ2n) is 4.18. The zero-order chi connectivity index (χ0) is 14.6. The fraction of sp³-hybridized carbons (Fsp3) is 0.417. The molecule has 19 heavy (non-hydrogen) atoms. The van der Waals surface area contributed by atoms with Gasteiger partial charge in [-0.3, -0.25) is 10.1 Å². The molecule has 0 saturated carbocycles. The van der Waals surface area contributed by atoms with Crippen LogP contribution in [0.1, 0.15) is 17.3 Å². The molecule has 0 aliphatic carbocycles. The summed E-state index contributed by atoms with van der Waals surface area (Å²) in [5.74, 6) is -1.19. The number of nitro groups is 1. The molecule has 1 atom stereocenters. The smallest absolute Gasteiger partial charge is 0.335 e. The van der Waals surface area contributed by atoms with E-state index in [1.54, 1.807) is 19.1 Å². The number of rotatable bonds is 6. The first-order chi connectivity index (χ1) is 8.88. The van der Waals surface area contributed by atoms with E-state index in [2.05, 4.69) is 0 Å². The Labute approximate surface area is 110 Å². The zero-order valence-electron chi connectivity index (χ0n) is 11.0. The predicted octanol–water partition coefficient (Wildman–Crippen LogP) is 1.76. The Balaban J connectivity index is 3.20. The number of ether oxygens (including phenoxy) is 1. The molecular formula is C12H16N2O5. The first-order valence-electron chi connectivity index (χ1n) is 5.62. The van der Waals surface area contributed by atoms with Crippen molar-refractivity contribution in [3.05, 3.63) is 33.9 Å². The molecule has 0 heterocycles. The van der Waals surface area contributed by atoms with Gasteiger partial charge in [0.15, 0.2) is 0 Å². The lowest BCUT2D eigenvalue weighted by molar-refractivity contribution is -0.384. The fourth-order valence-electron chi connectivity index (χ4n) is 1.69. The molecule has 0 fully saturated rings. The highest BCUT2D eigenvalue weighted by Crippen LogP contribution is 2.29. The predicted molar refractivity (Wildman–Crippen MR) is 69.8 cm³/mol. The van der Waals surface area contributed by atoms with Crippen LogP contribution in [0.4, 0.5) is 11.4 Å². The number of hydrogen-bond donors (Lipinski definition) is 1. The third-order valence-electron chi connectivity index (χ3n) is 2.87. The van der Waals surface area contributed by atoms with Gasteiger partial charge in [-0.1, -0.05) is 0 Å². The van der Waals surface area contributed by atoms with Crippen LogP contribution in [0.3, 0.4) is 0 Å². The second-order valence-corrected chi connectivity index (χ2v) is 4.18. The lowest BCUT2D eigenvalue weighted by atomic mass is 10.1. The highest BCUT2D eigenvalue weighted by atomic mass is 16.6. The molecule has 7 heteroatoms. The van der Waals surface area contributed by atoms with Crippen LogP contribution in [-0.2, 0) is 4.74 Å². The fourth-order valence-corrected chi connectivity index (χ4v) is 1.69. The number of nitrogens with zero attached hydrogens (tertiary/aromatic N) is 2. The highest BCUT2D eigenvalue weighted by molar-refractivity contribution is 5.89. The summed E-state index contributed by atoms with van der Waals surface area (Å²) in [6, 6.07) is 3.78. The van der Waals surface area contributed by atoms with Gasteiger partial charge in [-0.2, -0.15) is 0 Å². The summed E-state index contributed by atoms with van der Waals surface area (Å²) in [6.45, 7) is 2.27. The van der Waals surface area contributed by atoms with Gasteiger partial charge in [-0.25, -0.2) is 4.79 Å². The zero-order valence-corrected chi connectivity index (χ0v) is 11.0. The molecule has 0 aliphatic rings. The Morgan fingerprint density at radius 1 is 1.58 bits per heavy atom. The Morgan fingerprint density at radius 3 is 2.68 bits per heavy atom. The van der Waals surface area contributed by atoms with E-state index in [9.17, 15) is 14.9 Å². The number of aromatic carboxylic acids is 1. The van der Waals surface area contributed by atoms with Gasteiger partial charge in [0, 0.05) is 26.3 Å². The molecule has 1 N–H and O–H groups in total. The summed E-state index contributed by atoms with van der Waals surface area (Å²) in [6.07, 6.45) is 0. The Kier molecular flexibility index (Phi) is 4.82. The van der Waals surface area contributed by atoms with Crippen LogP contribution in [0.25, 0.3) is 0 Å². The summed E-state index contributed by atoms with van der Waals surface area (Å²) >= 11 is 0. The molecule has 1 rings (SSSR count). The van der Waals surface area contributed by atoms with Crippen LogP contribution in [0.2, 0.25) is 0 Å². The number of carboxylic acids is 1. The van der Waals surface area contributed by atoms with E-state index in [-0.39, 0.29) is 17.3 Å². The van der Waals surface area contributed by atoms with E-state index in [0.29, 0.717) is 12.3 Å². The Morgan fingerprint density at radius 2 is 2.21 bits per heavy atom. The van der Waals surface area contributed by atoms with Crippen molar-refractivity contribution in [1.29, 1.82) is 0 Å². The number of nitro benzene ring substituents is 1. The van der Waals surface area contributed by atoms with Crippen LogP contribution in [-0.4, -0.2) is 42.8 Å². The maximum absolute atomic E-state index is 11.0. The summed E-state index contributed by atoms with van der Waals surface area (Å²) in [7, 11) is 3.25. The van der Waals surface area contributed by atoms with Crippen molar-refractivity contribution in [1.82, 2.24) is 0 Å². The number of hydrogen-bond acceptors (Lipinski definition) is 5. The maximum atomic E-state index is 11.0. The highest BCUT2D eigenvalue weighted by Gasteiger charge is 2.22. The largest absolute Gasteiger partial charge is 0.478 e. The van der Waals surface area contributed by atoms with E-state index >= 15 is 0 Å². The van der Waals surface area contributed by atoms with Crippen molar-refractivity contribution in [3.63, 3.8) is 0 Å². The van der Waals surface area contributed by atoms with Gasteiger partial charge in [-0.15, -0.1) is 0 Å². The average Bonchev–Trinajstić information content (AvgIpc) is 2.37. The first kappa shape index (κ1) is 14.9. The maximum Gasteiger partial charge on any atom is 0.335 e. The van der Waals surface area contributed by atoms with Gasteiger partial charge in [0.1, 0.15) is 5.69 Å². The SMILES string of the molecule is COCC(C)N(C)c1ccc(C(=O)O)cc1[N+](=O)[O-]. The van der Waals surface area contributed by atoms with Crippen molar-refractivity contribution < 1.29 is 19.6 Å². The molecule has 0 spiro atoms. The summed E-state index contributed by atoms with van der Waals surface area (Å²) in [5.41, 5.74) is 0.0214. The summed E-state index contributed by atoms with van der Waals surface area (Å²) in [5, 5.41) is 19.9. The van der Waals surface area contributed by atoms with Crippen LogP contribution in [0.15, 0.2) is 18.2 Å². The molecule has 1 aromatic carbocycles. The molecule has 0 saturated heterocycles. The summed E-state index contributed by atoms with van der Waals surface area (Å²) < 4.78 is 5.00. The number of methoxy groups -OCH3 is 1. The molecular weight excluding hydrogens is 252 g/mol. The van der Waals surface area contributed by atoms with Crippen molar-refractivity contribution in [2.45, 2.75) is 13.0 Å². The van der Waals surface area contributed by atoms with Crippen molar-refractivity contribution in [2.24, 2.45) is 0 Å². The molecule has 0 bridgehead atoms. The van der Waals surface area contributed by atoms with Crippen molar-refractivity contribution >= 4 is 17.3 Å². The molecule has 1 unspecified atom stereocenters. The molecule has 7 nitrogen and oxygen atoms in total. The van der Waals surface area contributed by atoms with Crippen LogP contribution < -0.4 is 4.90 Å². The molecule has 1 aromatic rings. The number of carbonyl (C=O) groups is 1. The van der Waals surface area contributed by atoms with Crippen LogP contribution in [0, 0.1) is 10.1 Å². The van der Waals surface area contributed by atoms with E-state index in [1.165, 1.54) is 12.1 Å². The minimum Gasteiger partial charge on any atom is -0.478 e.